The lowest BCUT2D eigenvalue weighted by molar-refractivity contribution is 0.136. The van der Waals surface area contributed by atoms with Crippen molar-refractivity contribution in [2.45, 2.75) is 19.1 Å². The summed E-state index contributed by atoms with van der Waals surface area (Å²) in [6.45, 7) is 1.15. The highest BCUT2D eigenvalue weighted by Gasteiger charge is 2.36. The molecule has 1 aliphatic heterocycles. The second-order valence-electron chi connectivity index (χ2n) is 2.42. The molecule has 2 atom stereocenters. The van der Waals surface area contributed by atoms with Gasteiger partial charge in [0.05, 0.1) is 6.04 Å². The molecule has 3 nitrogen and oxygen atoms in total. The molecule has 0 saturated carbocycles. The average molecular weight is 147 g/mol. The zero-order valence-corrected chi connectivity index (χ0v) is 6.00. The van der Waals surface area contributed by atoms with Gasteiger partial charge in [-0.05, 0) is 6.92 Å². The summed E-state index contributed by atoms with van der Waals surface area (Å²) in [6, 6.07) is -0.396. The summed E-state index contributed by atoms with van der Waals surface area (Å²) in [5, 5.41) is 0. The van der Waals surface area contributed by atoms with E-state index in [0.717, 1.165) is 0 Å². The third kappa shape index (κ3) is 0.936. The Hall–Kier alpha value is -0.800. The largest absolute Gasteiger partial charge is 0.444 e. The lowest BCUT2D eigenvalue weighted by atomic mass is 10.2. The van der Waals surface area contributed by atoms with E-state index in [1.165, 1.54) is 11.9 Å². The summed E-state index contributed by atoms with van der Waals surface area (Å²) in [4.78, 5) is 12.0. The maximum atomic E-state index is 12.1. The number of likely N-dealkylation sites (N-methyl/N-ethyl adjacent to an activating group) is 1. The van der Waals surface area contributed by atoms with E-state index >= 15 is 0 Å². The van der Waals surface area contributed by atoms with Crippen LogP contribution in [0.2, 0.25) is 0 Å². The average Bonchev–Trinajstić information content (AvgIpc) is 2.09. The molecule has 0 spiro atoms. The van der Waals surface area contributed by atoms with Gasteiger partial charge in [-0.3, -0.25) is 0 Å². The van der Waals surface area contributed by atoms with E-state index < -0.39 is 18.8 Å². The number of rotatable bonds is 1. The molecule has 0 bridgehead atoms. The summed E-state index contributed by atoms with van der Waals surface area (Å²) in [5.74, 6) is 0. The quantitative estimate of drug-likeness (QED) is 0.549. The zero-order chi connectivity index (χ0) is 7.72. The highest BCUT2D eigenvalue weighted by Crippen LogP contribution is 2.16. The Balaban J connectivity index is 2.64. The topological polar surface area (TPSA) is 29.5 Å². The first-order valence-corrected chi connectivity index (χ1v) is 3.16. The Bertz CT molecular complexity index is 151. The molecule has 0 aromatic rings. The highest BCUT2D eigenvalue weighted by molar-refractivity contribution is 5.70. The van der Waals surface area contributed by atoms with Gasteiger partial charge in [0.2, 0.25) is 0 Å². The van der Waals surface area contributed by atoms with Crippen LogP contribution in [0.5, 0.6) is 0 Å². The van der Waals surface area contributed by atoms with Crippen molar-refractivity contribution in [3.05, 3.63) is 0 Å². The first-order valence-electron chi connectivity index (χ1n) is 3.16. The van der Waals surface area contributed by atoms with E-state index in [0.29, 0.717) is 0 Å². The summed E-state index contributed by atoms with van der Waals surface area (Å²) in [6.07, 6.45) is -0.752. The summed E-state index contributed by atoms with van der Waals surface area (Å²) in [5.41, 5.74) is 0. The standard InChI is InChI=1S/C6H10FNO2/c1-4-5(3-7)8(2)6(9)10-4/h4-5H,3H2,1-2H3. The SMILES string of the molecule is CC1OC(=O)N(C)C1CF. The van der Waals surface area contributed by atoms with Crippen molar-refractivity contribution >= 4 is 6.09 Å². The molecule has 0 aromatic heterocycles. The van der Waals surface area contributed by atoms with Crippen LogP contribution in [-0.4, -0.2) is 36.9 Å². The minimum Gasteiger partial charge on any atom is -0.444 e. The van der Waals surface area contributed by atoms with E-state index in [9.17, 15) is 9.18 Å². The van der Waals surface area contributed by atoms with Crippen LogP contribution in [-0.2, 0) is 4.74 Å². The molecule has 1 amide bonds. The van der Waals surface area contributed by atoms with E-state index in [-0.39, 0.29) is 6.10 Å². The minimum absolute atomic E-state index is 0.317. The van der Waals surface area contributed by atoms with Crippen molar-refractivity contribution in [1.82, 2.24) is 4.90 Å². The van der Waals surface area contributed by atoms with Crippen LogP contribution in [0.15, 0.2) is 0 Å². The number of hydrogen-bond donors (Lipinski definition) is 0. The molecule has 1 rings (SSSR count). The Labute approximate surface area is 58.8 Å². The molecule has 1 saturated heterocycles. The molecule has 1 heterocycles. The first-order chi connectivity index (χ1) is 4.66. The number of halogens is 1. The van der Waals surface area contributed by atoms with Crippen LogP contribution in [0, 0.1) is 0 Å². The maximum Gasteiger partial charge on any atom is 0.410 e. The second-order valence-corrected chi connectivity index (χ2v) is 2.42. The van der Waals surface area contributed by atoms with Crippen molar-refractivity contribution < 1.29 is 13.9 Å². The van der Waals surface area contributed by atoms with E-state index in [1.54, 1.807) is 6.92 Å². The number of amides is 1. The lowest BCUT2D eigenvalue weighted by Gasteiger charge is -2.13. The molecule has 0 aromatic carbocycles. The molecular formula is C6H10FNO2. The van der Waals surface area contributed by atoms with Crippen LogP contribution in [0.25, 0.3) is 0 Å². The maximum absolute atomic E-state index is 12.1. The third-order valence-corrected chi connectivity index (χ3v) is 1.77. The van der Waals surface area contributed by atoms with Crippen LogP contribution in [0.4, 0.5) is 9.18 Å². The van der Waals surface area contributed by atoms with Gasteiger partial charge in [0, 0.05) is 7.05 Å². The molecule has 0 N–H and O–H groups in total. The van der Waals surface area contributed by atoms with Gasteiger partial charge in [0.1, 0.15) is 12.8 Å². The number of alkyl halides is 1. The Morgan fingerprint density at radius 3 is 2.60 bits per heavy atom. The summed E-state index contributed by atoms with van der Waals surface area (Å²) in [7, 11) is 1.54. The van der Waals surface area contributed by atoms with Gasteiger partial charge in [-0.15, -0.1) is 0 Å². The number of ether oxygens (including phenoxy) is 1. The fraction of sp³-hybridized carbons (Fsp3) is 0.833. The molecular weight excluding hydrogens is 137 g/mol. The van der Waals surface area contributed by atoms with Crippen molar-refractivity contribution in [1.29, 1.82) is 0 Å². The molecule has 1 fully saturated rings. The third-order valence-electron chi connectivity index (χ3n) is 1.77. The van der Waals surface area contributed by atoms with Gasteiger partial charge in [-0.2, -0.15) is 0 Å². The van der Waals surface area contributed by atoms with Gasteiger partial charge in [0.25, 0.3) is 0 Å². The van der Waals surface area contributed by atoms with Crippen LogP contribution in [0.1, 0.15) is 6.92 Å². The normalized spacial score (nSPS) is 32.7. The molecule has 2 unspecified atom stereocenters. The Morgan fingerprint density at radius 2 is 2.40 bits per heavy atom. The van der Waals surface area contributed by atoms with Crippen molar-refractivity contribution in [2.24, 2.45) is 0 Å². The molecule has 1 aliphatic rings. The van der Waals surface area contributed by atoms with Gasteiger partial charge in [-0.25, -0.2) is 9.18 Å². The Morgan fingerprint density at radius 1 is 1.80 bits per heavy atom. The van der Waals surface area contributed by atoms with E-state index in [4.69, 9.17) is 4.74 Å². The fourth-order valence-electron chi connectivity index (χ4n) is 1.000. The Kier molecular flexibility index (Phi) is 1.78. The first kappa shape index (κ1) is 7.31. The van der Waals surface area contributed by atoms with E-state index in [2.05, 4.69) is 0 Å². The van der Waals surface area contributed by atoms with Gasteiger partial charge >= 0.3 is 6.09 Å². The minimum atomic E-state index is -0.538. The summed E-state index contributed by atoms with van der Waals surface area (Å²) >= 11 is 0. The molecule has 0 radical (unpaired) electrons. The predicted molar refractivity (Wildman–Crippen MR) is 33.5 cm³/mol. The van der Waals surface area contributed by atoms with Gasteiger partial charge < -0.3 is 9.64 Å². The van der Waals surface area contributed by atoms with Crippen LogP contribution in [0.3, 0.4) is 0 Å². The predicted octanol–water partition coefficient (Wildman–Crippen LogP) is 0.795. The lowest BCUT2D eigenvalue weighted by Crippen LogP contribution is -2.33. The molecule has 4 heteroatoms. The highest BCUT2D eigenvalue weighted by atomic mass is 19.1. The van der Waals surface area contributed by atoms with E-state index in [1.807, 2.05) is 0 Å². The number of hydrogen-bond acceptors (Lipinski definition) is 2. The fourth-order valence-corrected chi connectivity index (χ4v) is 1.000. The van der Waals surface area contributed by atoms with Gasteiger partial charge in [0.15, 0.2) is 0 Å². The monoisotopic (exact) mass is 147 g/mol. The smallest absolute Gasteiger partial charge is 0.410 e. The summed E-state index contributed by atoms with van der Waals surface area (Å²) < 4.78 is 16.8. The van der Waals surface area contributed by atoms with Crippen LogP contribution < -0.4 is 0 Å². The van der Waals surface area contributed by atoms with Crippen molar-refractivity contribution in [3.8, 4) is 0 Å². The van der Waals surface area contributed by atoms with Crippen molar-refractivity contribution in [2.75, 3.05) is 13.7 Å². The second kappa shape index (κ2) is 2.44. The number of carbonyl (C=O) groups is 1. The van der Waals surface area contributed by atoms with Crippen molar-refractivity contribution in [3.63, 3.8) is 0 Å². The molecule has 58 valence electrons. The number of nitrogens with zero attached hydrogens (tertiary/aromatic N) is 1. The van der Waals surface area contributed by atoms with Gasteiger partial charge in [-0.1, -0.05) is 0 Å². The number of cyclic esters (lactones) is 1. The number of carbonyl (C=O) groups excluding carboxylic acids is 1. The molecule has 0 aliphatic carbocycles. The molecule has 10 heavy (non-hydrogen) atoms. The zero-order valence-electron chi connectivity index (χ0n) is 6.00. The van der Waals surface area contributed by atoms with Crippen LogP contribution >= 0.6 is 0 Å².